The van der Waals surface area contributed by atoms with Crippen molar-refractivity contribution in [3.63, 3.8) is 0 Å². The summed E-state index contributed by atoms with van der Waals surface area (Å²) in [5.41, 5.74) is 5.46. The molecule has 0 saturated carbocycles. The van der Waals surface area contributed by atoms with Crippen LogP contribution in [0.2, 0.25) is 0 Å². The third-order valence-electron chi connectivity index (χ3n) is 1.45. The molecule has 1 aliphatic rings. The summed E-state index contributed by atoms with van der Waals surface area (Å²) in [6, 6.07) is 0. The van der Waals surface area contributed by atoms with Gasteiger partial charge in [-0.2, -0.15) is 0 Å². The molecule has 0 spiro atoms. The maximum absolute atomic E-state index is 10.3. The minimum absolute atomic E-state index is 0.178. The second-order valence-corrected chi connectivity index (χ2v) is 3.35. The van der Waals surface area contributed by atoms with Gasteiger partial charge in [0.2, 0.25) is 0 Å². The first kappa shape index (κ1) is 6.89. The van der Waals surface area contributed by atoms with E-state index in [4.69, 9.17) is 10.8 Å². The van der Waals surface area contributed by atoms with E-state index in [1.165, 1.54) is 11.8 Å². The third kappa shape index (κ3) is 1.37. The molecule has 1 rings (SSSR count). The summed E-state index contributed by atoms with van der Waals surface area (Å²) in [7, 11) is 0. The van der Waals surface area contributed by atoms with Gasteiger partial charge < -0.3 is 10.8 Å². The van der Waals surface area contributed by atoms with Gasteiger partial charge in [-0.25, -0.2) is 0 Å². The zero-order chi connectivity index (χ0) is 6.85. The Labute approximate surface area is 57.6 Å². The largest absolute Gasteiger partial charge is 0.481 e. The fourth-order valence-electron chi connectivity index (χ4n) is 0.876. The van der Waals surface area contributed by atoms with Crippen LogP contribution in [0.25, 0.3) is 0 Å². The SMILES string of the molecule is NC1SCCC1C(=O)O. The Morgan fingerprint density at radius 1 is 1.78 bits per heavy atom. The highest BCUT2D eigenvalue weighted by Crippen LogP contribution is 2.28. The molecule has 2 atom stereocenters. The maximum atomic E-state index is 10.3. The number of aliphatic carboxylic acids is 1. The van der Waals surface area contributed by atoms with Crippen molar-refractivity contribution >= 4 is 17.7 Å². The van der Waals surface area contributed by atoms with Gasteiger partial charge in [-0.1, -0.05) is 0 Å². The van der Waals surface area contributed by atoms with E-state index >= 15 is 0 Å². The fraction of sp³-hybridized carbons (Fsp3) is 0.800. The molecule has 0 amide bonds. The molecule has 9 heavy (non-hydrogen) atoms. The van der Waals surface area contributed by atoms with Crippen molar-refractivity contribution in [3.8, 4) is 0 Å². The Balaban J connectivity index is 2.49. The zero-order valence-electron chi connectivity index (χ0n) is 4.91. The van der Waals surface area contributed by atoms with Crippen molar-refractivity contribution < 1.29 is 9.90 Å². The molecule has 1 aliphatic heterocycles. The van der Waals surface area contributed by atoms with Crippen molar-refractivity contribution in [3.05, 3.63) is 0 Å². The average Bonchev–Trinajstić information content (AvgIpc) is 2.13. The van der Waals surface area contributed by atoms with Gasteiger partial charge in [-0.05, 0) is 12.2 Å². The van der Waals surface area contributed by atoms with Gasteiger partial charge in [-0.15, -0.1) is 11.8 Å². The number of carboxylic acid groups (broad SMARTS) is 1. The Hall–Kier alpha value is -0.220. The molecule has 52 valence electrons. The predicted octanol–water partition coefficient (Wildman–Crippen LogP) is 0.109. The quantitative estimate of drug-likeness (QED) is 0.552. The lowest BCUT2D eigenvalue weighted by atomic mass is 10.1. The monoisotopic (exact) mass is 147 g/mol. The molecule has 4 heteroatoms. The van der Waals surface area contributed by atoms with Crippen molar-refractivity contribution in [2.24, 2.45) is 11.7 Å². The molecule has 2 unspecified atom stereocenters. The number of carbonyl (C=O) groups is 1. The molecule has 3 N–H and O–H groups in total. The molecular weight excluding hydrogens is 138 g/mol. The van der Waals surface area contributed by atoms with Gasteiger partial charge in [0.05, 0.1) is 11.3 Å². The molecule has 0 aliphatic carbocycles. The molecule has 0 radical (unpaired) electrons. The van der Waals surface area contributed by atoms with E-state index in [2.05, 4.69) is 0 Å². The Kier molecular flexibility index (Phi) is 1.97. The van der Waals surface area contributed by atoms with Crippen molar-refractivity contribution in [2.75, 3.05) is 5.75 Å². The van der Waals surface area contributed by atoms with Crippen LogP contribution in [0.3, 0.4) is 0 Å². The van der Waals surface area contributed by atoms with Crippen LogP contribution in [0.5, 0.6) is 0 Å². The van der Waals surface area contributed by atoms with Gasteiger partial charge in [0.15, 0.2) is 0 Å². The van der Waals surface area contributed by atoms with Gasteiger partial charge >= 0.3 is 5.97 Å². The summed E-state index contributed by atoms with van der Waals surface area (Å²) in [6.07, 6.45) is 0.723. The molecule has 1 fully saturated rings. The van der Waals surface area contributed by atoms with Crippen LogP contribution in [0, 0.1) is 5.92 Å². The summed E-state index contributed by atoms with van der Waals surface area (Å²) in [5.74, 6) is -0.180. The van der Waals surface area contributed by atoms with E-state index in [0.29, 0.717) is 0 Å². The normalized spacial score (nSPS) is 34.8. The fourth-order valence-corrected chi connectivity index (χ4v) is 2.02. The highest BCUT2D eigenvalue weighted by atomic mass is 32.2. The van der Waals surface area contributed by atoms with E-state index in [1.54, 1.807) is 0 Å². The first-order chi connectivity index (χ1) is 4.22. The number of carboxylic acids is 1. The van der Waals surface area contributed by atoms with Gasteiger partial charge in [0.1, 0.15) is 0 Å². The van der Waals surface area contributed by atoms with Crippen LogP contribution >= 0.6 is 11.8 Å². The molecule has 0 aromatic heterocycles. The molecule has 1 saturated heterocycles. The number of hydrogen-bond acceptors (Lipinski definition) is 3. The second kappa shape index (κ2) is 2.58. The lowest BCUT2D eigenvalue weighted by Gasteiger charge is -2.06. The number of thioether (sulfide) groups is 1. The first-order valence-corrected chi connectivity index (χ1v) is 3.86. The maximum Gasteiger partial charge on any atom is 0.308 e. The molecule has 0 bridgehead atoms. The highest BCUT2D eigenvalue weighted by molar-refractivity contribution is 8.00. The Morgan fingerprint density at radius 2 is 2.44 bits per heavy atom. The topological polar surface area (TPSA) is 63.3 Å². The van der Waals surface area contributed by atoms with Crippen LogP contribution < -0.4 is 5.73 Å². The van der Waals surface area contributed by atoms with Crippen LogP contribution in [0.15, 0.2) is 0 Å². The smallest absolute Gasteiger partial charge is 0.308 e. The summed E-state index contributed by atoms with van der Waals surface area (Å²) < 4.78 is 0. The van der Waals surface area contributed by atoms with Crippen molar-refractivity contribution in [1.82, 2.24) is 0 Å². The van der Waals surface area contributed by atoms with Crippen LogP contribution in [-0.4, -0.2) is 22.2 Å². The van der Waals surface area contributed by atoms with E-state index in [-0.39, 0.29) is 11.3 Å². The van der Waals surface area contributed by atoms with Gasteiger partial charge in [0, 0.05) is 0 Å². The van der Waals surface area contributed by atoms with E-state index in [9.17, 15) is 4.79 Å². The molecule has 1 heterocycles. The summed E-state index contributed by atoms with van der Waals surface area (Å²) in [6.45, 7) is 0. The molecule has 0 aromatic rings. The van der Waals surface area contributed by atoms with Crippen molar-refractivity contribution in [2.45, 2.75) is 11.8 Å². The standard InChI is InChI=1S/C5H9NO2S/c6-4-3(5(7)8)1-2-9-4/h3-4H,1-2,6H2,(H,7,8). The number of nitrogens with two attached hydrogens (primary N) is 1. The summed E-state index contributed by atoms with van der Waals surface area (Å²) in [5, 5.41) is 8.31. The molecule has 3 nitrogen and oxygen atoms in total. The van der Waals surface area contributed by atoms with E-state index in [1.807, 2.05) is 0 Å². The second-order valence-electron chi connectivity index (χ2n) is 2.07. The minimum atomic E-state index is -0.757. The number of hydrogen-bond donors (Lipinski definition) is 2. The highest BCUT2D eigenvalue weighted by Gasteiger charge is 2.30. The first-order valence-electron chi connectivity index (χ1n) is 2.82. The molecular formula is C5H9NO2S. The lowest BCUT2D eigenvalue weighted by molar-refractivity contribution is -0.141. The van der Waals surface area contributed by atoms with Crippen molar-refractivity contribution in [1.29, 1.82) is 0 Å². The van der Waals surface area contributed by atoms with Crippen LogP contribution in [-0.2, 0) is 4.79 Å². The Bertz CT molecular complexity index is 128. The lowest BCUT2D eigenvalue weighted by Crippen LogP contribution is -2.28. The van der Waals surface area contributed by atoms with Crippen LogP contribution in [0.4, 0.5) is 0 Å². The van der Waals surface area contributed by atoms with E-state index < -0.39 is 5.97 Å². The Morgan fingerprint density at radius 3 is 2.67 bits per heavy atom. The van der Waals surface area contributed by atoms with Gasteiger partial charge in [-0.3, -0.25) is 4.79 Å². The average molecular weight is 147 g/mol. The zero-order valence-corrected chi connectivity index (χ0v) is 5.73. The third-order valence-corrected chi connectivity index (χ3v) is 2.64. The van der Waals surface area contributed by atoms with Gasteiger partial charge in [0.25, 0.3) is 0 Å². The number of rotatable bonds is 1. The van der Waals surface area contributed by atoms with E-state index in [0.717, 1.165) is 12.2 Å². The van der Waals surface area contributed by atoms with Crippen LogP contribution in [0.1, 0.15) is 6.42 Å². The summed E-state index contributed by atoms with van der Waals surface area (Å²) >= 11 is 1.53. The molecule has 0 aromatic carbocycles. The predicted molar refractivity (Wildman–Crippen MR) is 36.2 cm³/mol. The minimum Gasteiger partial charge on any atom is -0.481 e. The summed E-state index contributed by atoms with van der Waals surface area (Å²) in [4.78, 5) is 10.3.